The normalized spacial score (nSPS) is 16.5. The molecule has 2 amide bonds. The predicted octanol–water partition coefficient (Wildman–Crippen LogP) is 5.13. The van der Waals surface area contributed by atoms with E-state index in [-0.39, 0.29) is 17.9 Å². The highest BCUT2D eigenvalue weighted by molar-refractivity contribution is 6.20. The molecule has 2 aromatic rings. The Hall–Kier alpha value is -2.83. The number of halogens is 3. The minimum atomic E-state index is -4.54. The van der Waals surface area contributed by atoms with Crippen molar-refractivity contribution in [2.75, 3.05) is 16.8 Å². The molecule has 1 heterocycles. The maximum absolute atomic E-state index is 13.0. The number of nitrogens with one attached hydrogen (secondary N) is 1. The van der Waals surface area contributed by atoms with Crippen LogP contribution in [0.15, 0.2) is 42.5 Å². The number of hydrogen-bond acceptors (Lipinski definition) is 2. The smallest absolute Gasteiger partial charge is 0.323 e. The zero-order valence-corrected chi connectivity index (χ0v) is 16.2. The van der Waals surface area contributed by atoms with Crippen molar-refractivity contribution in [2.45, 2.75) is 39.8 Å². The second kappa shape index (κ2) is 8.46. The highest BCUT2D eigenvalue weighted by Gasteiger charge is 2.38. The van der Waals surface area contributed by atoms with Gasteiger partial charge < -0.3 is 10.2 Å². The average molecular weight is 392 g/mol. The molecule has 0 bridgehead atoms. The first kappa shape index (κ1) is 21.5. The Morgan fingerprint density at radius 3 is 2.18 bits per heavy atom. The summed E-state index contributed by atoms with van der Waals surface area (Å²) in [6.07, 6.45) is -4.54. The third-order valence-corrected chi connectivity index (χ3v) is 4.37. The molecule has 150 valence electrons. The lowest BCUT2D eigenvalue weighted by Crippen LogP contribution is -2.37. The maximum Gasteiger partial charge on any atom is 0.416 e. The van der Waals surface area contributed by atoms with E-state index in [0.29, 0.717) is 5.56 Å². The van der Waals surface area contributed by atoms with Crippen LogP contribution in [0.5, 0.6) is 0 Å². The second-order valence-corrected chi connectivity index (χ2v) is 6.15. The van der Waals surface area contributed by atoms with Gasteiger partial charge in [0.25, 0.3) is 0 Å². The van der Waals surface area contributed by atoms with Gasteiger partial charge in [0.2, 0.25) is 11.8 Å². The zero-order valence-electron chi connectivity index (χ0n) is 16.2. The van der Waals surface area contributed by atoms with E-state index in [1.807, 2.05) is 20.8 Å². The molecule has 1 unspecified atom stereocenters. The van der Waals surface area contributed by atoms with E-state index >= 15 is 0 Å². The second-order valence-electron chi connectivity index (χ2n) is 6.15. The lowest BCUT2D eigenvalue weighted by Gasteiger charge is -2.23. The van der Waals surface area contributed by atoms with Crippen molar-refractivity contribution in [3.63, 3.8) is 0 Å². The molecule has 4 nitrogen and oxygen atoms in total. The highest BCUT2D eigenvalue weighted by Crippen LogP contribution is 2.38. The van der Waals surface area contributed by atoms with Gasteiger partial charge in [-0.2, -0.15) is 13.2 Å². The van der Waals surface area contributed by atoms with Crippen LogP contribution in [0.25, 0.3) is 0 Å². The Balaban J connectivity index is 0.00000136. The number of hydrogen-bond donors (Lipinski definition) is 1. The number of nitrogens with zero attached hydrogens (tertiary/aromatic N) is 1. The van der Waals surface area contributed by atoms with Gasteiger partial charge in [-0.1, -0.05) is 43.7 Å². The molecule has 0 radical (unpaired) electrons. The van der Waals surface area contributed by atoms with Crippen LogP contribution in [0, 0.1) is 6.92 Å². The van der Waals surface area contributed by atoms with Crippen molar-refractivity contribution < 1.29 is 22.8 Å². The highest BCUT2D eigenvalue weighted by atomic mass is 19.4. The first-order valence-corrected chi connectivity index (χ1v) is 9.12. The largest absolute Gasteiger partial charge is 0.416 e. The van der Waals surface area contributed by atoms with Crippen LogP contribution in [-0.4, -0.2) is 18.4 Å². The number of rotatable bonds is 2. The van der Waals surface area contributed by atoms with Crippen LogP contribution < -0.4 is 10.2 Å². The van der Waals surface area contributed by atoms with Crippen molar-refractivity contribution in [1.29, 1.82) is 0 Å². The van der Waals surface area contributed by atoms with Crippen LogP contribution in [0.3, 0.4) is 0 Å². The van der Waals surface area contributed by atoms with Gasteiger partial charge in [-0.05, 0) is 37.6 Å². The minimum Gasteiger partial charge on any atom is -0.323 e. The van der Waals surface area contributed by atoms with Gasteiger partial charge in [-0.3, -0.25) is 9.59 Å². The summed E-state index contributed by atoms with van der Waals surface area (Å²) in [4.78, 5) is 26.9. The molecule has 0 saturated carbocycles. The Kier molecular flexibility index (Phi) is 6.48. The van der Waals surface area contributed by atoms with E-state index in [1.165, 1.54) is 11.0 Å². The topological polar surface area (TPSA) is 49.4 Å². The minimum absolute atomic E-state index is 0.0189. The van der Waals surface area contributed by atoms with Gasteiger partial charge in [0.1, 0.15) is 5.92 Å². The van der Waals surface area contributed by atoms with E-state index in [0.717, 1.165) is 17.7 Å². The van der Waals surface area contributed by atoms with Gasteiger partial charge in [0.05, 0.1) is 16.9 Å². The van der Waals surface area contributed by atoms with Gasteiger partial charge in [0, 0.05) is 6.54 Å². The summed E-state index contributed by atoms with van der Waals surface area (Å²) in [5.41, 5.74) is 0.831. The Morgan fingerprint density at radius 2 is 1.64 bits per heavy atom. The maximum atomic E-state index is 13.0. The molecular weight excluding hydrogens is 369 g/mol. The van der Waals surface area contributed by atoms with Gasteiger partial charge >= 0.3 is 6.18 Å². The first-order valence-electron chi connectivity index (χ1n) is 9.12. The first-order chi connectivity index (χ1) is 13.2. The monoisotopic (exact) mass is 392 g/mol. The lowest BCUT2D eigenvalue weighted by molar-refractivity contribution is -0.137. The molecule has 28 heavy (non-hydrogen) atoms. The number of carbonyl (C=O) groups excluding carboxylic acids is 2. The zero-order chi connectivity index (χ0) is 21.1. The van der Waals surface area contributed by atoms with E-state index in [4.69, 9.17) is 0 Å². The quantitative estimate of drug-likeness (QED) is 0.721. The summed E-state index contributed by atoms with van der Waals surface area (Å²) in [6.45, 7) is 7.82. The molecule has 7 heteroatoms. The number of anilines is 2. The summed E-state index contributed by atoms with van der Waals surface area (Å²) in [5.74, 6) is -2.22. The van der Waals surface area contributed by atoms with Crippen LogP contribution >= 0.6 is 0 Å². The van der Waals surface area contributed by atoms with Gasteiger partial charge in [-0.15, -0.1) is 0 Å². The lowest BCUT2D eigenvalue weighted by atomic mass is 9.96. The van der Waals surface area contributed by atoms with Crippen molar-refractivity contribution in [2.24, 2.45) is 0 Å². The SMILES string of the molecule is CC.CCN1C(=O)C(c2ccc(C)cc2)C(=O)Nc2cc(C(F)(F)F)ccc21. The summed E-state index contributed by atoms with van der Waals surface area (Å²) >= 11 is 0. The predicted molar refractivity (Wildman–Crippen MR) is 103 cm³/mol. The number of fused-ring (bicyclic) bond motifs is 1. The van der Waals surface area contributed by atoms with Gasteiger partial charge in [0.15, 0.2) is 0 Å². The van der Waals surface area contributed by atoms with Crippen LogP contribution in [-0.2, 0) is 15.8 Å². The molecular formula is C21H23F3N2O2. The fourth-order valence-electron chi connectivity index (χ4n) is 3.02. The van der Waals surface area contributed by atoms with Crippen molar-refractivity contribution in [3.8, 4) is 0 Å². The van der Waals surface area contributed by atoms with Crippen molar-refractivity contribution >= 4 is 23.2 Å². The number of amides is 2. The number of aryl methyl sites for hydroxylation is 1. The third-order valence-electron chi connectivity index (χ3n) is 4.37. The molecule has 0 saturated heterocycles. The van der Waals surface area contributed by atoms with E-state index in [1.54, 1.807) is 31.2 Å². The summed E-state index contributed by atoms with van der Waals surface area (Å²) < 4.78 is 39.0. The average Bonchev–Trinajstić information content (AvgIpc) is 2.76. The Bertz CT molecular complexity index is 861. The molecule has 0 aliphatic carbocycles. The number of benzene rings is 2. The fraction of sp³-hybridized carbons (Fsp3) is 0.333. The molecule has 1 atom stereocenters. The Labute approximate surface area is 162 Å². The van der Waals surface area contributed by atoms with Crippen LogP contribution in [0.2, 0.25) is 0 Å². The summed E-state index contributed by atoms with van der Waals surface area (Å²) in [6, 6.07) is 9.92. The molecule has 0 fully saturated rings. The molecule has 0 spiro atoms. The summed E-state index contributed by atoms with van der Waals surface area (Å²) in [7, 11) is 0. The molecule has 1 N–H and O–H groups in total. The van der Waals surface area contributed by atoms with Crippen LogP contribution in [0.4, 0.5) is 24.5 Å². The Morgan fingerprint density at radius 1 is 1.04 bits per heavy atom. The molecule has 2 aromatic carbocycles. The number of likely N-dealkylation sites (N-methyl/N-ethyl adjacent to an activating group) is 1. The van der Waals surface area contributed by atoms with Crippen LogP contribution in [0.1, 0.15) is 43.4 Å². The number of alkyl halides is 3. The molecule has 1 aliphatic heterocycles. The molecule has 3 rings (SSSR count). The summed E-state index contributed by atoms with van der Waals surface area (Å²) in [5, 5.41) is 2.49. The van der Waals surface area contributed by atoms with Crippen molar-refractivity contribution in [3.05, 3.63) is 59.2 Å². The molecule has 0 aromatic heterocycles. The van der Waals surface area contributed by atoms with E-state index in [2.05, 4.69) is 5.32 Å². The van der Waals surface area contributed by atoms with Crippen molar-refractivity contribution in [1.82, 2.24) is 0 Å². The van der Waals surface area contributed by atoms with E-state index in [9.17, 15) is 22.8 Å². The molecule has 1 aliphatic rings. The van der Waals surface area contributed by atoms with Gasteiger partial charge in [-0.25, -0.2) is 0 Å². The van der Waals surface area contributed by atoms with E-state index < -0.39 is 29.5 Å². The third kappa shape index (κ3) is 4.18. The fourth-order valence-corrected chi connectivity index (χ4v) is 3.02. The standard InChI is InChI=1S/C19H17F3N2O2.C2H6/c1-3-24-15-9-8-13(19(20,21)22)10-14(15)23-17(25)16(18(24)26)12-6-4-11(2)5-7-12;1-2/h4-10,16H,3H2,1-2H3,(H,23,25);1-2H3. The number of carbonyl (C=O) groups is 2.